The van der Waals surface area contributed by atoms with Gasteiger partial charge in [0.15, 0.2) is 0 Å². The lowest BCUT2D eigenvalue weighted by atomic mass is 9.95. The smallest absolute Gasteiger partial charge is 0.230 e. The van der Waals surface area contributed by atoms with Gasteiger partial charge in [-0.1, -0.05) is 12.8 Å². The van der Waals surface area contributed by atoms with Gasteiger partial charge in [0.1, 0.15) is 0 Å². The van der Waals surface area contributed by atoms with Crippen molar-refractivity contribution < 1.29 is 4.79 Å². The molecule has 0 radical (unpaired) electrons. The zero-order chi connectivity index (χ0) is 18.8. The number of aryl methyl sites for hydroxylation is 2. The Morgan fingerprint density at radius 3 is 2.78 bits per heavy atom. The molecule has 2 aromatic rings. The van der Waals surface area contributed by atoms with Crippen molar-refractivity contribution >= 4 is 5.91 Å². The normalized spacial score (nSPS) is 20.6. The first-order chi connectivity index (χ1) is 13.1. The Bertz CT molecular complexity index is 793. The van der Waals surface area contributed by atoms with Gasteiger partial charge in [-0.2, -0.15) is 0 Å². The summed E-state index contributed by atoms with van der Waals surface area (Å²) in [5.41, 5.74) is 3.74. The monoisotopic (exact) mass is 368 g/mol. The average molecular weight is 368 g/mol. The van der Waals surface area contributed by atoms with Crippen LogP contribution in [0.2, 0.25) is 0 Å². The highest BCUT2D eigenvalue weighted by Crippen LogP contribution is 2.31. The second-order valence-electron chi connectivity index (χ2n) is 7.95. The van der Waals surface area contributed by atoms with Crippen LogP contribution in [0, 0.1) is 12.8 Å². The highest BCUT2D eigenvalue weighted by molar-refractivity contribution is 5.84. The number of carbonyl (C=O) groups is 1. The molecule has 1 unspecified atom stereocenters. The van der Waals surface area contributed by atoms with E-state index < -0.39 is 0 Å². The zero-order valence-corrected chi connectivity index (χ0v) is 16.2. The number of nitrogens with one attached hydrogen (secondary N) is 1. The maximum atomic E-state index is 13.0. The van der Waals surface area contributed by atoms with Gasteiger partial charge in [-0.25, -0.2) is 4.98 Å². The molecule has 1 amide bonds. The molecule has 1 saturated carbocycles. The molecule has 1 aliphatic carbocycles. The Labute approximate surface area is 160 Å². The molecule has 1 N–H and O–H groups in total. The lowest BCUT2D eigenvalue weighted by molar-refractivity contribution is -0.123. The van der Waals surface area contributed by atoms with Crippen molar-refractivity contribution in [3.8, 4) is 0 Å². The van der Waals surface area contributed by atoms with Crippen LogP contribution in [0.1, 0.15) is 54.4 Å². The Balaban J connectivity index is 1.46. The molecule has 1 aliphatic heterocycles. The highest BCUT2D eigenvalue weighted by Gasteiger charge is 2.34. The van der Waals surface area contributed by atoms with E-state index in [-0.39, 0.29) is 11.8 Å². The molecule has 1 fully saturated rings. The van der Waals surface area contributed by atoms with Gasteiger partial charge < -0.3 is 9.88 Å². The third-order valence-corrected chi connectivity index (χ3v) is 5.79. The van der Waals surface area contributed by atoms with Gasteiger partial charge in [-0.3, -0.25) is 19.7 Å². The van der Waals surface area contributed by atoms with Crippen molar-refractivity contribution in [2.24, 2.45) is 13.0 Å². The topological polar surface area (TPSA) is 75.9 Å². The molecule has 27 heavy (non-hydrogen) atoms. The van der Waals surface area contributed by atoms with E-state index in [2.05, 4.69) is 25.2 Å². The molecule has 7 heteroatoms. The van der Waals surface area contributed by atoms with E-state index in [1.807, 2.05) is 24.9 Å². The van der Waals surface area contributed by atoms with E-state index in [1.165, 1.54) is 25.7 Å². The predicted molar refractivity (Wildman–Crippen MR) is 102 cm³/mol. The number of aromatic nitrogens is 4. The van der Waals surface area contributed by atoms with Crippen LogP contribution >= 0.6 is 0 Å². The number of imidazole rings is 1. The Morgan fingerprint density at radius 2 is 2.04 bits per heavy atom. The molecule has 1 atom stereocenters. The van der Waals surface area contributed by atoms with E-state index in [0.717, 1.165) is 48.3 Å². The first-order valence-corrected chi connectivity index (χ1v) is 9.88. The molecule has 2 aliphatic rings. The molecular formula is C20H28N6O. The minimum Gasteiger partial charge on any atom is -0.350 e. The molecule has 4 rings (SSSR count). The van der Waals surface area contributed by atoms with Gasteiger partial charge >= 0.3 is 0 Å². The molecule has 3 heterocycles. The molecule has 144 valence electrons. The summed E-state index contributed by atoms with van der Waals surface area (Å²) in [6.45, 7) is 4.98. The van der Waals surface area contributed by atoms with Crippen molar-refractivity contribution in [1.82, 2.24) is 29.7 Å². The van der Waals surface area contributed by atoms with Gasteiger partial charge in [0.25, 0.3) is 0 Å². The number of hydrogen-bond acceptors (Lipinski definition) is 5. The minimum absolute atomic E-state index is 0.0401. The molecule has 7 nitrogen and oxygen atoms in total. The van der Waals surface area contributed by atoms with Gasteiger partial charge in [0.05, 0.1) is 47.8 Å². The van der Waals surface area contributed by atoms with Gasteiger partial charge in [0, 0.05) is 32.9 Å². The number of hydrogen-bond donors (Lipinski definition) is 1. The lowest BCUT2D eigenvalue weighted by Gasteiger charge is -2.33. The van der Waals surface area contributed by atoms with Gasteiger partial charge in [-0.15, -0.1) is 0 Å². The summed E-state index contributed by atoms with van der Waals surface area (Å²) < 4.78 is 2.00. The van der Waals surface area contributed by atoms with Crippen LogP contribution < -0.4 is 5.32 Å². The van der Waals surface area contributed by atoms with Crippen molar-refractivity contribution in [2.75, 3.05) is 13.1 Å². The summed E-state index contributed by atoms with van der Waals surface area (Å²) in [5, 5.41) is 3.05. The standard InChI is InChI=1S/C20H28N6O/c1-14-7-22-16(8-21-14)9-23-20(27)17-11-26(10-15-5-3-4-6-15)12-18-19(17)25(2)13-24-18/h7-8,13,15,17H,3-6,9-12H2,1-2H3,(H,23,27). The van der Waals surface area contributed by atoms with E-state index in [4.69, 9.17) is 0 Å². The minimum atomic E-state index is -0.193. The summed E-state index contributed by atoms with van der Waals surface area (Å²) >= 11 is 0. The Kier molecular flexibility index (Phi) is 5.20. The summed E-state index contributed by atoms with van der Waals surface area (Å²) in [4.78, 5) is 28.6. The molecular weight excluding hydrogens is 340 g/mol. The number of fused-ring (bicyclic) bond motifs is 1. The van der Waals surface area contributed by atoms with Crippen molar-refractivity contribution in [2.45, 2.75) is 51.6 Å². The van der Waals surface area contributed by atoms with Crippen LogP contribution in [0.25, 0.3) is 0 Å². The number of rotatable bonds is 5. The zero-order valence-electron chi connectivity index (χ0n) is 16.2. The lowest BCUT2D eigenvalue weighted by Crippen LogP contribution is -2.43. The van der Waals surface area contributed by atoms with Crippen molar-refractivity contribution in [3.05, 3.63) is 41.5 Å². The average Bonchev–Trinajstić information content (AvgIpc) is 3.30. The summed E-state index contributed by atoms with van der Waals surface area (Å²) in [6.07, 6.45) is 10.6. The largest absolute Gasteiger partial charge is 0.350 e. The number of amides is 1. The molecule has 0 bridgehead atoms. The number of nitrogens with zero attached hydrogens (tertiary/aromatic N) is 5. The third-order valence-electron chi connectivity index (χ3n) is 5.79. The van der Waals surface area contributed by atoms with Crippen LogP contribution in [-0.4, -0.2) is 43.4 Å². The predicted octanol–water partition coefficient (Wildman–Crippen LogP) is 1.92. The first kappa shape index (κ1) is 18.1. The van der Waals surface area contributed by atoms with Gasteiger partial charge in [0.2, 0.25) is 5.91 Å². The van der Waals surface area contributed by atoms with Crippen LogP contribution in [0.5, 0.6) is 0 Å². The third kappa shape index (κ3) is 4.03. The SMILES string of the molecule is Cc1cnc(CNC(=O)C2CN(CC3CCCC3)Cc3ncn(C)c32)cn1. The number of carbonyl (C=O) groups excluding carboxylic acids is 1. The van der Waals surface area contributed by atoms with E-state index in [9.17, 15) is 4.79 Å². The second-order valence-corrected chi connectivity index (χ2v) is 7.95. The van der Waals surface area contributed by atoms with E-state index in [1.54, 1.807) is 12.4 Å². The maximum Gasteiger partial charge on any atom is 0.230 e. The first-order valence-electron chi connectivity index (χ1n) is 9.88. The Hall–Kier alpha value is -2.28. The van der Waals surface area contributed by atoms with Crippen LogP contribution in [-0.2, 0) is 24.9 Å². The molecule has 0 aromatic carbocycles. The fourth-order valence-electron chi connectivity index (χ4n) is 4.39. The summed E-state index contributed by atoms with van der Waals surface area (Å²) in [7, 11) is 1.98. The Morgan fingerprint density at radius 1 is 1.22 bits per heavy atom. The van der Waals surface area contributed by atoms with Crippen LogP contribution in [0.15, 0.2) is 18.7 Å². The molecule has 0 saturated heterocycles. The van der Waals surface area contributed by atoms with Gasteiger partial charge in [-0.05, 0) is 25.7 Å². The van der Waals surface area contributed by atoms with E-state index >= 15 is 0 Å². The van der Waals surface area contributed by atoms with Crippen LogP contribution in [0.3, 0.4) is 0 Å². The van der Waals surface area contributed by atoms with Crippen LogP contribution in [0.4, 0.5) is 0 Å². The van der Waals surface area contributed by atoms with Crippen molar-refractivity contribution in [1.29, 1.82) is 0 Å². The fraction of sp³-hybridized carbons (Fsp3) is 0.600. The second kappa shape index (κ2) is 7.76. The summed E-state index contributed by atoms with van der Waals surface area (Å²) in [5.74, 6) is 0.612. The molecule has 0 spiro atoms. The summed E-state index contributed by atoms with van der Waals surface area (Å²) in [6, 6.07) is 0. The molecule has 2 aromatic heterocycles. The fourth-order valence-corrected chi connectivity index (χ4v) is 4.39. The quantitative estimate of drug-likeness (QED) is 0.873. The van der Waals surface area contributed by atoms with E-state index in [0.29, 0.717) is 6.54 Å². The maximum absolute atomic E-state index is 13.0. The van der Waals surface area contributed by atoms with Crippen molar-refractivity contribution in [3.63, 3.8) is 0 Å². The highest BCUT2D eigenvalue weighted by atomic mass is 16.1.